The molecule has 0 aliphatic carbocycles. The number of hydrogen-bond donors (Lipinski definition) is 1. The third-order valence-corrected chi connectivity index (χ3v) is 5.03. The van der Waals surface area contributed by atoms with Gasteiger partial charge < -0.3 is 10.1 Å². The molecule has 2 aliphatic rings. The first-order chi connectivity index (χ1) is 11.2. The number of likely N-dealkylation sites (tertiary alicyclic amines) is 1. The Hall–Kier alpha value is -1.40. The zero-order valence-electron chi connectivity index (χ0n) is 14.0. The van der Waals surface area contributed by atoms with Gasteiger partial charge in [0.25, 0.3) is 0 Å². The van der Waals surface area contributed by atoms with E-state index >= 15 is 0 Å². The van der Waals surface area contributed by atoms with E-state index in [2.05, 4.69) is 15.3 Å². The van der Waals surface area contributed by atoms with Crippen LogP contribution in [0, 0.1) is 0 Å². The van der Waals surface area contributed by atoms with Crippen molar-refractivity contribution in [3.05, 3.63) is 18.5 Å². The second kappa shape index (κ2) is 7.93. The topological polar surface area (TPSA) is 59.4 Å². The number of nitrogens with one attached hydrogen (secondary N) is 1. The second-order valence-electron chi connectivity index (χ2n) is 6.67. The molecule has 2 saturated heterocycles. The molecule has 0 aromatic carbocycles. The molecule has 23 heavy (non-hydrogen) atoms. The second-order valence-corrected chi connectivity index (χ2v) is 6.67. The number of rotatable bonds is 6. The number of carbonyl (C=O) groups excluding carboxylic acids is 1. The van der Waals surface area contributed by atoms with E-state index in [1.165, 1.54) is 12.8 Å². The average Bonchev–Trinajstić information content (AvgIpc) is 3.26. The number of nitrogens with zero attached hydrogens (tertiary/aromatic N) is 3. The normalized spacial score (nSPS) is 27.0. The lowest BCUT2D eigenvalue weighted by molar-refractivity contribution is -0.128. The maximum absolute atomic E-state index is 12.5. The first-order valence-electron chi connectivity index (χ1n) is 8.86. The lowest BCUT2D eigenvalue weighted by Crippen LogP contribution is -2.53. The molecule has 3 atom stereocenters. The largest absolute Gasteiger partial charge is 0.376 e. The molecule has 2 aliphatic heterocycles. The Morgan fingerprint density at radius 1 is 1.39 bits per heavy atom. The lowest BCUT2D eigenvalue weighted by Gasteiger charge is -2.39. The van der Waals surface area contributed by atoms with Crippen molar-refractivity contribution in [2.75, 3.05) is 19.7 Å². The number of ether oxygens (including phenoxy) is 1. The minimum atomic E-state index is -0.0998. The van der Waals surface area contributed by atoms with Crippen LogP contribution >= 0.6 is 0 Å². The van der Waals surface area contributed by atoms with Crippen molar-refractivity contribution >= 4 is 5.91 Å². The number of aromatic nitrogens is 2. The molecule has 0 saturated carbocycles. The highest BCUT2D eigenvalue weighted by Crippen LogP contribution is 2.21. The molecule has 0 bridgehead atoms. The molecule has 6 nitrogen and oxygen atoms in total. The fourth-order valence-electron chi connectivity index (χ4n) is 3.67. The van der Waals surface area contributed by atoms with Gasteiger partial charge in [-0.15, -0.1) is 0 Å². The molecule has 3 heterocycles. The molecule has 1 aromatic rings. The summed E-state index contributed by atoms with van der Waals surface area (Å²) in [5.41, 5.74) is 0. The quantitative estimate of drug-likeness (QED) is 0.861. The van der Waals surface area contributed by atoms with Gasteiger partial charge in [0, 0.05) is 31.6 Å². The smallest absolute Gasteiger partial charge is 0.237 e. The molecule has 0 spiro atoms. The van der Waals surface area contributed by atoms with Gasteiger partial charge in [0.2, 0.25) is 5.91 Å². The zero-order valence-corrected chi connectivity index (χ0v) is 14.0. The lowest BCUT2D eigenvalue weighted by atomic mass is 9.99. The highest BCUT2D eigenvalue weighted by atomic mass is 16.5. The summed E-state index contributed by atoms with van der Waals surface area (Å²) in [5.74, 6) is 0.118. The van der Waals surface area contributed by atoms with Gasteiger partial charge >= 0.3 is 0 Å². The van der Waals surface area contributed by atoms with Gasteiger partial charge in [0.05, 0.1) is 18.7 Å². The van der Waals surface area contributed by atoms with E-state index in [1.807, 2.05) is 30.1 Å². The Morgan fingerprint density at radius 2 is 2.30 bits per heavy atom. The van der Waals surface area contributed by atoms with Crippen molar-refractivity contribution < 1.29 is 9.53 Å². The van der Waals surface area contributed by atoms with Crippen LogP contribution in [0.3, 0.4) is 0 Å². The molecular weight excluding hydrogens is 292 g/mol. The van der Waals surface area contributed by atoms with Crippen LogP contribution in [-0.4, -0.2) is 58.5 Å². The van der Waals surface area contributed by atoms with Gasteiger partial charge in [-0.1, -0.05) is 6.42 Å². The Kier molecular flexibility index (Phi) is 5.67. The maximum Gasteiger partial charge on any atom is 0.237 e. The third-order valence-electron chi connectivity index (χ3n) is 5.03. The van der Waals surface area contributed by atoms with E-state index in [4.69, 9.17) is 4.74 Å². The monoisotopic (exact) mass is 320 g/mol. The van der Waals surface area contributed by atoms with E-state index in [0.29, 0.717) is 12.6 Å². The molecule has 2 fully saturated rings. The molecular formula is C17H28N4O2. The molecule has 6 heteroatoms. The van der Waals surface area contributed by atoms with Crippen molar-refractivity contribution in [2.24, 2.45) is 0 Å². The average molecular weight is 320 g/mol. The third kappa shape index (κ3) is 4.32. The van der Waals surface area contributed by atoms with Crippen LogP contribution in [0.5, 0.6) is 0 Å². The van der Waals surface area contributed by atoms with Crippen LogP contribution in [0.15, 0.2) is 18.5 Å². The molecule has 1 N–H and O–H groups in total. The van der Waals surface area contributed by atoms with E-state index in [1.54, 1.807) is 0 Å². The van der Waals surface area contributed by atoms with E-state index in [9.17, 15) is 4.79 Å². The molecule has 1 aromatic heterocycles. The summed E-state index contributed by atoms with van der Waals surface area (Å²) in [4.78, 5) is 14.9. The van der Waals surface area contributed by atoms with E-state index in [0.717, 1.165) is 39.0 Å². The number of carbonyl (C=O) groups is 1. The molecule has 128 valence electrons. The summed E-state index contributed by atoms with van der Waals surface area (Å²) < 4.78 is 7.55. The first-order valence-corrected chi connectivity index (χ1v) is 8.86. The minimum absolute atomic E-state index is 0.0998. The standard InChI is InChI=1S/C17H28N4O2/c1-14(17(22)18-12-16-7-4-11-23-16)21-10-3-2-6-15(21)13-20-9-5-8-19-20/h5,8-9,14-16H,2-4,6-7,10-13H2,1H3,(H,18,22)/t14-,15+,16-/m1/s1. The molecule has 3 rings (SSSR count). The predicted molar refractivity (Wildman–Crippen MR) is 88.0 cm³/mol. The van der Waals surface area contributed by atoms with Gasteiger partial charge in [-0.05, 0) is 45.2 Å². The van der Waals surface area contributed by atoms with Gasteiger partial charge in [0.15, 0.2) is 0 Å². The van der Waals surface area contributed by atoms with Crippen LogP contribution < -0.4 is 5.32 Å². The summed E-state index contributed by atoms with van der Waals surface area (Å²) in [6.07, 6.45) is 9.69. The Bertz CT molecular complexity index is 485. The highest BCUT2D eigenvalue weighted by Gasteiger charge is 2.31. The highest BCUT2D eigenvalue weighted by molar-refractivity contribution is 5.81. The van der Waals surface area contributed by atoms with Gasteiger partial charge in [-0.2, -0.15) is 5.10 Å². The van der Waals surface area contributed by atoms with Gasteiger partial charge in [-0.25, -0.2) is 0 Å². The van der Waals surface area contributed by atoms with Crippen molar-refractivity contribution in [1.29, 1.82) is 0 Å². The predicted octanol–water partition coefficient (Wildman–Crippen LogP) is 1.42. The van der Waals surface area contributed by atoms with Crippen molar-refractivity contribution in [3.8, 4) is 0 Å². The van der Waals surface area contributed by atoms with Crippen LogP contribution in [0.4, 0.5) is 0 Å². The van der Waals surface area contributed by atoms with Crippen molar-refractivity contribution in [1.82, 2.24) is 20.0 Å². The van der Waals surface area contributed by atoms with Crippen molar-refractivity contribution in [2.45, 2.75) is 63.8 Å². The Labute approximate surface area is 138 Å². The summed E-state index contributed by atoms with van der Waals surface area (Å²) in [5, 5.41) is 7.38. The van der Waals surface area contributed by atoms with Crippen LogP contribution in [-0.2, 0) is 16.1 Å². The number of piperidine rings is 1. The van der Waals surface area contributed by atoms with Crippen molar-refractivity contribution in [3.63, 3.8) is 0 Å². The summed E-state index contributed by atoms with van der Waals surface area (Å²) in [6, 6.07) is 2.23. The first kappa shape index (κ1) is 16.5. The van der Waals surface area contributed by atoms with Crippen LogP contribution in [0.25, 0.3) is 0 Å². The Balaban J connectivity index is 1.54. The van der Waals surface area contributed by atoms with E-state index < -0.39 is 0 Å². The fourth-order valence-corrected chi connectivity index (χ4v) is 3.67. The van der Waals surface area contributed by atoms with Crippen LogP contribution in [0.2, 0.25) is 0 Å². The molecule has 1 amide bonds. The Morgan fingerprint density at radius 3 is 3.04 bits per heavy atom. The summed E-state index contributed by atoms with van der Waals surface area (Å²) >= 11 is 0. The van der Waals surface area contributed by atoms with Crippen LogP contribution in [0.1, 0.15) is 39.0 Å². The number of amides is 1. The summed E-state index contributed by atoms with van der Waals surface area (Å²) in [6.45, 7) is 5.33. The van der Waals surface area contributed by atoms with Gasteiger partial charge in [-0.3, -0.25) is 14.4 Å². The fraction of sp³-hybridized carbons (Fsp3) is 0.765. The molecule has 0 radical (unpaired) electrons. The maximum atomic E-state index is 12.5. The van der Waals surface area contributed by atoms with E-state index in [-0.39, 0.29) is 18.1 Å². The SMILES string of the molecule is C[C@H](C(=O)NC[C@H]1CCCO1)N1CCCC[C@H]1Cn1cccn1. The van der Waals surface area contributed by atoms with Gasteiger partial charge in [0.1, 0.15) is 0 Å². The number of hydrogen-bond acceptors (Lipinski definition) is 4. The summed E-state index contributed by atoms with van der Waals surface area (Å²) in [7, 11) is 0. The minimum Gasteiger partial charge on any atom is -0.376 e. The molecule has 0 unspecified atom stereocenters. The zero-order chi connectivity index (χ0) is 16.1.